The van der Waals surface area contributed by atoms with Crippen LogP contribution in [0.1, 0.15) is 0 Å². The van der Waals surface area contributed by atoms with Crippen LogP contribution in [0.25, 0.3) is 0 Å². The van der Waals surface area contributed by atoms with Gasteiger partial charge in [-0.3, -0.25) is 0 Å². The van der Waals surface area contributed by atoms with E-state index in [1.807, 2.05) is 35.3 Å². The van der Waals surface area contributed by atoms with Gasteiger partial charge in [0.05, 0.1) is 11.7 Å². The molecule has 0 bridgehead atoms. The molecule has 1 aliphatic heterocycles. The zero-order valence-electron chi connectivity index (χ0n) is 9.77. The fourth-order valence-electron chi connectivity index (χ4n) is 1.05. The lowest BCUT2D eigenvalue weighted by molar-refractivity contribution is 1.55. The van der Waals surface area contributed by atoms with Crippen molar-refractivity contribution in [3.63, 3.8) is 0 Å². The standard InChI is InChI=1S/C9H18S9/c10-1-4-13-7-16-8(14-5-2-11)18-9(17-7)15-6-3-12/h7-12H,1-6H2. The maximum Gasteiger partial charge on any atom is 0.0994 e. The van der Waals surface area contributed by atoms with Gasteiger partial charge in [-0.25, -0.2) is 0 Å². The highest BCUT2D eigenvalue weighted by Gasteiger charge is 2.31. The van der Waals surface area contributed by atoms with Crippen LogP contribution >= 0.6 is 108 Å². The van der Waals surface area contributed by atoms with Crippen molar-refractivity contribution in [1.29, 1.82) is 0 Å². The predicted molar refractivity (Wildman–Crippen MR) is 113 cm³/mol. The maximum absolute atomic E-state index is 4.30. The van der Waals surface area contributed by atoms with E-state index in [9.17, 15) is 0 Å². The van der Waals surface area contributed by atoms with Crippen LogP contribution in [0.5, 0.6) is 0 Å². The molecule has 0 aromatic heterocycles. The number of hydrogen-bond donors (Lipinski definition) is 3. The van der Waals surface area contributed by atoms with Gasteiger partial charge in [0, 0.05) is 17.3 Å². The summed E-state index contributed by atoms with van der Waals surface area (Å²) in [5.41, 5.74) is 0. The summed E-state index contributed by atoms with van der Waals surface area (Å²) in [6.07, 6.45) is 0. The van der Waals surface area contributed by atoms with E-state index in [0.717, 1.165) is 34.5 Å². The van der Waals surface area contributed by atoms with Crippen molar-refractivity contribution in [2.75, 3.05) is 34.5 Å². The zero-order valence-corrected chi connectivity index (χ0v) is 17.3. The van der Waals surface area contributed by atoms with Crippen molar-refractivity contribution < 1.29 is 0 Å². The average molecular weight is 415 g/mol. The topological polar surface area (TPSA) is 0 Å². The summed E-state index contributed by atoms with van der Waals surface area (Å²) in [7, 11) is 0. The van der Waals surface area contributed by atoms with E-state index in [1.54, 1.807) is 0 Å². The van der Waals surface area contributed by atoms with Gasteiger partial charge in [0.25, 0.3) is 0 Å². The molecule has 0 spiro atoms. The molecule has 1 saturated heterocycles. The van der Waals surface area contributed by atoms with Crippen LogP contribution in [0.4, 0.5) is 0 Å². The quantitative estimate of drug-likeness (QED) is 0.449. The Hall–Kier alpha value is 3.15. The van der Waals surface area contributed by atoms with Gasteiger partial charge in [-0.1, -0.05) is 0 Å². The number of thioether (sulfide) groups is 6. The second-order valence-electron chi connectivity index (χ2n) is 3.06. The van der Waals surface area contributed by atoms with E-state index in [1.165, 1.54) is 0 Å². The predicted octanol–water partition coefficient (Wildman–Crippen LogP) is 5.04. The van der Waals surface area contributed by atoms with Gasteiger partial charge in [-0.2, -0.15) is 37.9 Å². The zero-order chi connectivity index (χ0) is 13.2. The lowest BCUT2D eigenvalue weighted by Gasteiger charge is -2.32. The molecule has 108 valence electrons. The largest absolute Gasteiger partial charge is 0.179 e. The van der Waals surface area contributed by atoms with Crippen LogP contribution in [0.3, 0.4) is 0 Å². The first-order valence-electron chi connectivity index (χ1n) is 5.44. The minimum Gasteiger partial charge on any atom is -0.179 e. The lowest BCUT2D eigenvalue weighted by Crippen LogP contribution is -2.14. The second-order valence-corrected chi connectivity index (χ2v) is 14.4. The first-order valence-corrected chi connectivity index (χ1v) is 13.3. The summed E-state index contributed by atoms with van der Waals surface area (Å²) in [4.78, 5) is 0. The Labute approximate surface area is 153 Å². The third-order valence-electron chi connectivity index (χ3n) is 1.70. The van der Waals surface area contributed by atoms with Gasteiger partial charge < -0.3 is 0 Å². The summed E-state index contributed by atoms with van der Waals surface area (Å²) < 4.78 is 1.98. The fourth-order valence-corrected chi connectivity index (χ4v) is 14.4. The molecule has 1 heterocycles. The van der Waals surface area contributed by atoms with Gasteiger partial charge in [-0.15, -0.1) is 70.6 Å². The summed E-state index contributed by atoms with van der Waals surface area (Å²) >= 11 is 25.3. The average Bonchev–Trinajstić information content (AvgIpc) is 2.40. The minimum absolute atomic E-state index is 0.660. The van der Waals surface area contributed by atoms with E-state index in [-0.39, 0.29) is 0 Å². The molecular weight excluding hydrogens is 397 g/mol. The summed E-state index contributed by atoms with van der Waals surface area (Å²) in [5.74, 6) is 6.35. The number of thiol groups is 3. The van der Waals surface area contributed by atoms with E-state index in [2.05, 4.69) is 73.2 Å². The van der Waals surface area contributed by atoms with Crippen LogP contribution in [-0.2, 0) is 0 Å². The van der Waals surface area contributed by atoms with Gasteiger partial charge in [0.15, 0.2) is 0 Å². The Morgan fingerprint density at radius 2 is 0.889 bits per heavy atom. The summed E-state index contributed by atoms with van der Waals surface area (Å²) in [6.45, 7) is 0. The Morgan fingerprint density at radius 1 is 0.611 bits per heavy atom. The maximum atomic E-state index is 4.30. The molecule has 0 aromatic carbocycles. The molecule has 0 amide bonds. The molecule has 0 nitrogen and oxygen atoms in total. The number of rotatable bonds is 9. The minimum atomic E-state index is 0.660. The molecule has 0 saturated carbocycles. The third-order valence-corrected chi connectivity index (χ3v) is 13.2. The van der Waals surface area contributed by atoms with Crippen LogP contribution < -0.4 is 0 Å². The third kappa shape index (κ3) is 8.56. The fraction of sp³-hybridized carbons (Fsp3) is 1.00. The van der Waals surface area contributed by atoms with Crippen molar-refractivity contribution in [3.05, 3.63) is 0 Å². The molecular formula is C9H18S9. The van der Waals surface area contributed by atoms with Gasteiger partial charge in [-0.05, 0) is 17.3 Å². The monoisotopic (exact) mass is 414 g/mol. The normalized spacial score (nSPS) is 28.5. The highest BCUT2D eigenvalue weighted by atomic mass is 32.3. The molecule has 0 radical (unpaired) electrons. The molecule has 1 rings (SSSR count). The molecule has 0 unspecified atom stereocenters. The van der Waals surface area contributed by atoms with Crippen LogP contribution in [0.15, 0.2) is 0 Å². The van der Waals surface area contributed by atoms with Gasteiger partial charge in [0.1, 0.15) is 0 Å². The van der Waals surface area contributed by atoms with Gasteiger partial charge in [0.2, 0.25) is 0 Å². The first kappa shape index (κ1) is 19.2. The SMILES string of the molecule is SCCSC1SC(SCCS)SC(SCCS)S1. The Bertz CT molecular complexity index is 163. The number of hydrogen-bond acceptors (Lipinski definition) is 9. The van der Waals surface area contributed by atoms with Crippen LogP contribution in [0, 0.1) is 0 Å². The van der Waals surface area contributed by atoms with E-state index in [0.29, 0.717) is 11.7 Å². The first-order chi connectivity index (χ1) is 8.80. The molecule has 0 N–H and O–H groups in total. The van der Waals surface area contributed by atoms with Crippen LogP contribution in [-0.4, -0.2) is 46.3 Å². The highest BCUT2D eigenvalue weighted by molar-refractivity contribution is 8.51. The van der Waals surface area contributed by atoms with Crippen molar-refractivity contribution >= 4 is 108 Å². The van der Waals surface area contributed by atoms with E-state index >= 15 is 0 Å². The second kappa shape index (κ2) is 12.7. The molecule has 0 aliphatic carbocycles. The molecule has 18 heavy (non-hydrogen) atoms. The molecule has 0 aromatic rings. The van der Waals surface area contributed by atoms with Crippen molar-refractivity contribution in [1.82, 2.24) is 0 Å². The van der Waals surface area contributed by atoms with Crippen LogP contribution in [0.2, 0.25) is 0 Å². The highest BCUT2D eigenvalue weighted by Crippen LogP contribution is 2.57. The summed E-state index contributed by atoms with van der Waals surface area (Å²) in [5, 5.41) is 0. The lowest BCUT2D eigenvalue weighted by atomic mass is 11.0. The molecule has 0 atom stereocenters. The van der Waals surface area contributed by atoms with Crippen molar-refractivity contribution in [3.8, 4) is 0 Å². The van der Waals surface area contributed by atoms with Gasteiger partial charge >= 0.3 is 0 Å². The Balaban J connectivity index is 2.38. The summed E-state index contributed by atoms with van der Waals surface area (Å²) in [6, 6.07) is 0. The molecule has 1 aliphatic rings. The van der Waals surface area contributed by atoms with E-state index in [4.69, 9.17) is 0 Å². The van der Waals surface area contributed by atoms with Crippen molar-refractivity contribution in [2.24, 2.45) is 0 Å². The molecule has 1 fully saturated rings. The smallest absolute Gasteiger partial charge is 0.0994 e. The van der Waals surface area contributed by atoms with Crippen molar-refractivity contribution in [2.45, 2.75) is 11.7 Å². The Morgan fingerprint density at radius 3 is 1.11 bits per heavy atom. The molecule has 9 heteroatoms. The van der Waals surface area contributed by atoms with E-state index < -0.39 is 0 Å². The Kier molecular flexibility index (Phi) is 13.5.